The van der Waals surface area contributed by atoms with Crippen LogP contribution in [0.1, 0.15) is 26.3 Å². The Morgan fingerprint density at radius 2 is 1.57 bits per heavy atom. The van der Waals surface area contributed by atoms with E-state index in [-0.39, 0.29) is 0 Å². The molecular formula is C12H20N2. The van der Waals surface area contributed by atoms with Gasteiger partial charge in [0.05, 0.1) is 0 Å². The minimum absolute atomic E-state index is 0.744. The molecule has 0 radical (unpaired) electrons. The molecule has 0 fully saturated rings. The second kappa shape index (κ2) is 11.5. The van der Waals surface area contributed by atoms with Gasteiger partial charge < -0.3 is 11.5 Å². The van der Waals surface area contributed by atoms with E-state index in [9.17, 15) is 0 Å². The molecule has 78 valence electrons. The first-order valence-corrected chi connectivity index (χ1v) is 4.76. The molecule has 1 rings (SSSR count). The first-order valence-electron chi connectivity index (χ1n) is 4.76. The van der Waals surface area contributed by atoms with Crippen molar-refractivity contribution in [2.24, 2.45) is 5.73 Å². The van der Waals surface area contributed by atoms with Crippen molar-refractivity contribution in [3.63, 3.8) is 0 Å². The van der Waals surface area contributed by atoms with Gasteiger partial charge in [-0.05, 0) is 30.8 Å². The number of anilines is 1. The van der Waals surface area contributed by atoms with Crippen molar-refractivity contribution >= 4 is 5.69 Å². The summed E-state index contributed by atoms with van der Waals surface area (Å²) < 4.78 is 0. The number of nitrogen functional groups attached to an aromatic ring is 1. The fourth-order valence-electron chi connectivity index (χ4n) is 0.579. The second-order valence-electron chi connectivity index (χ2n) is 2.17. The van der Waals surface area contributed by atoms with Crippen molar-refractivity contribution in [3.8, 4) is 12.3 Å². The molecule has 0 saturated carbocycles. The van der Waals surface area contributed by atoms with Crippen LogP contribution >= 0.6 is 0 Å². The molecule has 0 aliphatic rings. The molecule has 0 atom stereocenters. The highest BCUT2D eigenvalue weighted by molar-refractivity contribution is 5.43. The number of hydrogen-bond acceptors (Lipinski definition) is 2. The molecule has 0 spiro atoms. The van der Waals surface area contributed by atoms with E-state index in [1.54, 1.807) is 12.1 Å². The maximum absolute atomic E-state index is 5.41. The minimum atomic E-state index is 0.744. The zero-order valence-electron chi connectivity index (χ0n) is 9.25. The molecule has 1 aromatic carbocycles. The van der Waals surface area contributed by atoms with Gasteiger partial charge in [0.25, 0.3) is 0 Å². The lowest BCUT2D eigenvalue weighted by molar-refractivity contribution is 1.14. The summed E-state index contributed by atoms with van der Waals surface area (Å²) >= 11 is 0. The van der Waals surface area contributed by atoms with Gasteiger partial charge in [-0.3, -0.25) is 0 Å². The van der Waals surface area contributed by atoms with Gasteiger partial charge >= 0.3 is 0 Å². The van der Waals surface area contributed by atoms with Crippen molar-refractivity contribution in [1.29, 1.82) is 0 Å². The molecule has 0 bridgehead atoms. The molecule has 0 aromatic heterocycles. The van der Waals surface area contributed by atoms with Crippen LogP contribution in [0.3, 0.4) is 0 Å². The van der Waals surface area contributed by atoms with Crippen LogP contribution in [0.25, 0.3) is 0 Å². The van der Waals surface area contributed by atoms with Gasteiger partial charge in [-0.2, -0.15) is 0 Å². The summed E-state index contributed by atoms with van der Waals surface area (Å²) in [7, 11) is 0. The van der Waals surface area contributed by atoms with Crippen molar-refractivity contribution in [3.05, 3.63) is 29.8 Å². The smallest absolute Gasteiger partial charge is 0.0314 e. The van der Waals surface area contributed by atoms with E-state index in [1.165, 1.54) is 0 Å². The quantitative estimate of drug-likeness (QED) is 0.489. The van der Waals surface area contributed by atoms with E-state index in [0.29, 0.717) is 0 Å². The highest BCUT2D eigenvalue weighted by Crippen LogP contribution is 2.02. The summed E-state index contributed by atoms with van der Waals surface area (Å²) in [5, 5.41) is 0. The van der Waals surface area contributed by atoms with Crippen LogP contribution in [0.15, 0.2) is 24.3 Å². The fourth-order valence-corrected chi connectivity index (χ4v) is 0.579. The number of nitrogens with two attached hydrogens (primary N) is 2. The van der Waals surface area contributed by atoms with Gasteiger partial charge in [-0.1, -0.05) is 26.7 Å². The molecule has 2 nitrogen and oxygen atoms in total. The third-order valence-corrected chi connectivity index (χ3v) is 1.08. The number of terminal acetylenes is 1. The van der Waals surface area contributed by atoms with Crippen LogP contribution in [0, 0.1) is 12.3 Å². The Kier molecular flexibility index (Phi) is 12.4. The Balaban J connectivity index is 0. The number of rotatable bonds is 0. The van der Waals surface area contributed by atoms with Crippen LogP contribution in [-0.4, -0.2) is 6.54 Å². The third kappa shape index (κ3) is 8.63. The Bertz CT molecular complexity index is 244. The van der Waals surface area contributed by atoms with Crippen molar-refractivity contribution < 1.29 is 0 Å². The Morgan fingerprint density at radius 1 is 1.21 bits per heavy atom. The Labute approximate surface area is 87.3 Å². The molecule has 0 aliphatic heterocycles. The molecule has 4 N–H and O–H groups in total. The third-order valence-electron chi connectivity index (χ3n) is 1.08. The highest BCUT2D eigenvalue weighted by atomic mass is 14.5. The van der Waals surface area contributed by atoms with E-state index >= 15 is 0 Å². The molecular weight excluding hydrogens is 172 g/mol. The van der Waals surface area contributed by atoms with E-state index in [0.717, 1.165) is 17.8 Å². The van der Waals surface area contributed by atoms with Crippen LogP contribution in [0.4, 0.5) is 5.69 Å². The first-order chi connectivity index (χ1) is 6.74. The largest absolute Gasteiger partial charge is 0.399 e. The molecule has 0 amide bonds. The molecule has 0 saturated heterocycles. The average Bonchev–Trinajstić information content (AvgIpc) is 2.23. The molecule has 0 unspecified atom stereocenters. The molecule has 1 aromatic rings. The summed E-state index contributed by atoms with van der Waals surface area (Å²) in [6.45, 7) is 6.65. The molecule has 2 heteroatoms. The SMILES string of the molecule is C#Cc1ccc(N)cc1.CC.CCN. The summed E-state index contributed by atoms with van der Waals surface area (Å²) in [5.74, 6) is 2.50. The molecule has 0 heterocycles. The highest BCUT2D eigenvalue weighted by Gasteiger charge is 1.83. The van der Waals surface area contributed by atoms with Gasteiger partial charge in [-0.25, -0.2) is 0 Å². The topological polar surface area (TPSA) is 52.0 Å². The Hall–Kier alpha value is -1.46. The number of hydrogen-bond donors (Lipinski definition) is 2. The molecule has 0 aliphatic carbocycles. The van der Waals surface area contributed by atoms with E-state index in [1.807, 2.05) is 32.9 Å². The minimum Gasteiger partial charge on any atom is -0.399 e. The van der Waals surface area contributed by atoms with E-state index < -0.39 is 0 Å². The lowest BCUT2D eigenvalue weighted by Crippen LogP contribution is -1.87. The predicted molar refractivity (Wildman–Crippen MR) is 64.9 cm³/mol. The zero-order valence-corrected chi connectivity index (χ0v) is 9.25. The second-order valence-corrected chi connectivity index (χ2v) is 2.17. The fraction of sp³-hybridized carbons (Fsp3) is 0.333. The van der Waals surface area contributed by atoms with Crippen molar-refractivity contribution in [1.82, 2.24) is 0 Å². The summed E-state index contributed by atoms with van der Waals surface area (Å²) in [6.07, 6.45) is 5.11. The van der Waals surface area contributed by atoms with Crippen LogP contribution in [0.5, 0.6) is 0 Å². The van der Waals surface area contributed by atoms with Crippen LogP contribution in [0.2, 0.25) is 0 Å². The summed E-state index contributed by atoms with van der Waals surface area (Å²) in [6, 6.07) is 7.20. The normalized spacial score (nSPS) is 7.07. The van der Waals surface area contributed by atoms with Gasteiger partial charge in [0.1, 0.15) is 0 Å². The van der Waals surface area contributed by atoms with Gasteiger partial charge in [0.2, 0.25) is 0 Å². The lowest BCUT2D eigenvalue weighted by atomic mass is 10.2. The predicted octanol–water partition coefficient (Wildman–Crippen LogP) is 2.24. The summed E-state index contributed by atoms with van der Waals surface area (Å²) in [4.78, 5) is 0. The zero-order chi connectivity index (χ0) is 11.4. The van der Waals surface area contributed by atoms with Crippen molar-refractivity contribution in [2.45, 2.75) is 20.8 Å². The summed E-state index contributed by atoms with van der Waals surface area (Å²) in [5.41, 5.74) is 11.9. The van der Waals surface area contributed by atoms with Gasteiger partial charge in [0.15, 0.2) is 0 Å². The number of benzene rings is 1. The monoisotopic (exact) mass is 192 g/mol. The van der Waals surface area contributed by atoms with Crippen molar-refractivity contribution in [2.75, 3.05) is 12.3 Å². The van der Waals surface area contributed by atoms with E-state index in [4.69, 9.17) is 17.9 Å². The van der Waals surface area contributed by atoms with Gasteiger partial charge in [-0.15, -0.1) is 6.42 Å². The standard InChI is InChI=1S/C8H7N.C2H7N.C2H6/c1-2-7-3-5-8(9)6-4-7;1-2-3;1-2/h1,3-6H,9H2;2-3H2,1H3;1-2H3. The van der Waals surface area contributed by atoms with Crippen LogP contribution < -0.4 is 11.5 Å². The first kappa shape index (κ1) is 15.0. The lowest BCUT2D eigenvalue weighted by Gasteiger charge is -1.89. The van der Waals surface area contributed by atoms with Crippen LogP contribution in [-0.2, 0) is 0 Å². The van der Waals surface area contributed by atoms with E-state index in [2.05, 4.69) is 5.92 Å². The molecule has 14 heavy (non-hydrogen) atoms. The maximum atomic E-state index is 5.41. The van der Waals surface area contributed by atoms with Gasteiger partial charge in [0, 0.05) is 11.3 Å². The Morgan fingerprint density at radius 3 is 1.86 bits per heavy atom. The average molecular weight is 192 g/mol. The maximum Gasteiger partial charge on any atom is 0.0314 e.